The highest BCUT2D eigenvalue weighted by Crippen LogP contribution is 2.45. The van der Waals surface area contributed by atoms with E-state index in [1.807, 2.05) is 60.1 Å². The molecule has 1 saturated carbocycles. The molecule has 0 unspecified atom stereocenters. The van der Waals surface area contributed by atoms with Gasteiger partial charge >= 0.3 is 0 Å². The molecule has 3 nitrogen and oxygen atoms in total. The van der Waals surface area contributed by atoms with Crippen molar-refractivity contribution >= 4 is 11.9 Å². The molecular weight excluding hydrogens is 375 g/mol. The number of aliphatic hydroxyl groups is 1. The molecule has 1 aliphatic carbocycles. The van der Waals surface area contributed by atoms with Crippen LogP contribution in [0.3, 0.4) is 0 Å². The first-order valence-corrected chi connectivity index (χ1v) is 10.5. The van der Waals surface area contributed by atoms with Gasteiger partial charge in [0.15, 0.2) is 5.83 Å². The predicted molar refractivity (Wildman–Crippen MR) is 120 cm³/mol. The monoisotopic (exact) mass is 404 g/mol. The van der Waals surface area contributed by atoms with Crippen molar-refractivity contribution < 1.29 is 9.50 Å². The molecule has 1 N–H and O–H groups in total. The number of benzene rings is 2. The molecule has 1 aliphatic rings. The lowest BCUT2D eigenvalue weighted by Gasteiger charge is -2.18. The topological polar surface area (TPSA) is 38.0 Å². The molecule has 0 atom stereocenters. The van der Waals surface area contributed by atoms with Crippen molar-refractivity contribution in [2.75, 3.05) is 0 Å². The van der Waals surface area contributed by atoms with Crippen LogP contribution < -0.4 is 0 Å². The quantitative estimate of drug-likeness (QED) is 0.567. The minimum atomic E-state index is -0.655. The van der Waals surface area contributed by atoms with Crippen molar-refractivity contribution in [2.45, 2.75) is 58.1 Å². The molecule has 0 bridgehead atoms. The van der Waals surface area contributed by atoms with E-state index in [-0.39, 0.29) is 11.2 Å². The third-order valence-corrected chi connectivity index (χ3v) is 5.82. The second kappa shape index (κ2) is 7.51. The highest BCUT2D eigenvalue weighted by molar-refractivity contribution is 5.75. The summed E-state index contributed by atoms with van der Waals surface area (Å²) in [4.78, 5) is 0. The Bertz CT molecular complexity index is 1080. The van der Waals surface area contributed by atoms with Gasteiger partial charge in [0, 0.05) is 5.69 Å². The second-order valence-electron chi connectivity index (χ2n) is 9.42. The molecule has 4 rings (SSSR count). The maximum absolute atomic E-state index is 14.9. The minimum Gasteiger partial charge on any atom is -0.385 e. The van der Waals surface area contributed by atoms with E-state index in [1.54, 1.807) is 6.07 Å². The van der Waals surface area contributed by atoms with Gasteiger partial charge < -0.3 is 5.11 Å². The van der Waals surface area contributed by atoms with Gasteiger partial charge in [-0.1, -0.05) is 69.3 Å². The summed E-state index contributed by atoms with van der Waals surface area (Å²) in [7, 11) is 0. The zero-order valence-corrected chi connectivity index (χ0v) is 18.1. The van der Waals surface area contributed by atoms with Gasteiger partial charge in [0.25, 0.3) is 0 Å². The number of hydrogen-bond acceptors (Lipinski definition) is 2. The Balaban J connectivity index is 1.53. The number of nitrogens with zero attached hydrogens (tertiary/aromatic N) is 2. The Labute approximate surface area is 177 Å². The Morgan fingerprint density at radius 1 is 1.13 bits per heavy atom. The predicted octanol–water partition coefficient (Wildman–Crippen LogP) is 5.99. The first-order chi connectivity index (χ1) is 14.1. The van der Waals surface area contributed by atoms with E-state index in [0.29, 0.717) is 12.2 Å². The summed E-state index contributed by atoms with van der Waals surface area (Å²) in [5.41, 5.74) is 4.69. The van der Waals surface area contributed by atoms with Crippen molar-refractivity contribution in [3.8, 4) is 0 Å². The van der Waals surface area contributed by atoms with E-state index in [1.165, 1.54) is 11.6 Å². The van der Waals surface area contributed by atoms with Crippen LogP contribution in [0.4, 0.5) is 4.39 Å². The second-order valence-corrected chi connectivity index (χ2v) is 9.42. The van der Waals surface area contributed by atoms with Crippen molar-refractivity contribution in [2.24, 2.45) is 0 Å². The lowest BCUT2D eigenvalue weighted by Crippen LogP contribution is -2.10. The number of hydrogen-bond donors (Lipinski definition) is 1. The van der Waals surface area contributed by atoms with Gasteiger partial charge in [-0.3, -0.25) is 4.68 Å². The van der Waals surface area contributed by atoms with Gasteiger partial charge in [0.05, 0.1) is 12.1 Å². The standard InChI is InChI=1S/C26H29FN2O/c1-18-14-24(23(27)16-19-8-10-21(11-9-19)25(2,3)4)28-29(18)17-20-6-5-7-22(15-20)26(30)12-13-26/h5-11,14-16,30H,12-13,17H2,1-4H3/b23-16-. The Morgan fingerprint density at radius 3 is 2.47 bits per heavy atom. The van der Waals surface area contributed by atoms with Gasteiger partial charge in [-0.15, -0.1) is 0 Å². The summed E-state index contributed by atoms with van der Waals surface area (Å²) in [6.07, 6.45) is 3.16. The van der Waals surface area contributed by atoms with Crippen LogP contribution in [0.25, 0.3) is 11.9 Å². The van der Waals surface area contributed by atoms with Crippen LogP contribution >= 0.6 is 0 Å². The van der Waals surface area contributed by atoms with Crippen LogP contribution in [0.5, 0.6) is 0 Å². The summed E-state index contributed by atoms with van der Waals surface area (Å²) in [5, 5.41) is 14.8. The van der Waals surface area contributed by atoms with Crippen LogP contribution in [0.15, 0.2) is 54.6 Å². The third kappa shape index (κ3) is 4.39. The van der Waals surface area contributed by atoms with Crippen molar-refractivity contribution in [3.05, 3.63) is 88.2 Å². The van der Waals surface area contributed by atoms with Crippen molar-refractivity contribution in [1.29, 1.82) is 0 Å². The van der Waals surface area contributed by atoms with Crippen LogP contribution in [0.1, 0.15) is 67.3 Å². The molecule has 1 fully saturated rings. The Morgan fingerprint density at radius 2 is 1.83 bits per heavy atom. The summed E-state index contributed by atoms with van der Waals surface area (Å²) >= 11 is 0. The molecule has 156 valence electrons. The number of rotatable bonds is 5. The lowest BCUT2D eigenvalue weighted by atomic mass is 9.87. The molecule has 30 heavy (non-hydrogen) atoms. The Kier molecular flexibility index (Phi) is 5.15. The fraction of sp³-hybridized carbons (Fsp3) is 0.346. The lowest BCUT2D eigenvalue weighted by molar-refractivity contribution is 0.151. The van der Waals surface area contributed by atoms with Crippen molar-refractivity contribution in [1.82, 2.24) is 9.78 Å². The van der Waals surface area contributed by atoms with Gasteiger partial charge in [-0.05, 0) is 59.6 Å². The molecule has 0 amide bonds. The van der Waals surface area contributed by atoms with Crippen LogP contribution in [-0.4, -0.2) is 14.9 Å². The number of aromatic nitrogens is 2. The molecule has 0 aliphatic heterocycles. The van der Waals surface area contributed by atoms with E-state index < -0.39 is 5.60 Å². The molecule has 0 spiro atoms. The largest absolute Gasteiger partial charge is 0.385 e. The number of aryl methyl sites for hydroxylation is 1. The molecule has 1 aromatic heterocycles. The zero-order valence-electron chi connectivity index (χ0n) is 18.1. The molecular formula is C26H29FN2O. The highest BCUT2D eigenvalue weighted by Gasteiger charge is 2.42. The maximum Gasteiger partial charge on any atom is 0.151 e. The van der Waals surface area contributed by atoms with Gasteiger partial charge in [0.2, 0.25) is 0 Å². The highest BCUT2D eigenvalue weighted by atomic mass is 19.1. The smallest absolute Gasteiger partial charge is 0.151 e. The zero-order chi connectivity index (χ0) is 21.5. The molecule has 3 aromatic rings. The van der Waals surface area contributed by atoms with E-state index in [4.69, 9.17) is 0 Å². The van der Waals surface area contributed by atoms with Crippen LogP contribution in [0, 0.1) is 6.92 Å². The normalized spacial score (nSPS) is 16.0. The molecule has 2 aromatic carbocycles. The van der Waals surface area contributed by atoms with E-state index >= 15 is 0 Å². The average molecular weight is 405 g/mol. The molecule has 1 heterocycles. The number of halogens is 1. The molecule has 4 heteroatoms. The van der Waals surface area contributed by atoms with Gasteiger partial charge in [-0.2, -0.15) is 5.10 Å². The summed E-state index contributed by atoms with van der Waals surface area (Å²) in [6, 6.07) is 17.7. The Hall–Kier alpha value is -2.72. The van der Waals surface area contributed by atoms with E-state index in [0.717, 1.165) is 35.2 Å². The fourth-order valence-corrected chi connectivity index (χ4v) is 3.63. The SMILES string of the molecule is Cc1cc(/C(F)=C/c2ccc(C(C)(C)C)cc2)nn1Cc1cccc(C2(O)CC2)c1. The average Bonchev–Trinajstić information content (AvgIpc) is 3.35. The minimum absolute atomic E-state index is 0.0726. The van der Waals surface area contributed by atoms with E-state index in [2.05, 4.69) is 25.9 Å². The summed E-state index contributed by atoms with van der Waals surface area (Å²) < 4.78 is 16.7. The summed E-state index contributed by atoms with van der Waals surface area (Å²) in [6.45, 7) is 8.96. The first-order valence-electron chi connectivity index (χ1n) is 10.5. The molecule has 0 radical (unpaired) electrons. The third-order valence-electron chi connectivity index (χ3n) is 5.82. The molecule has 0 saturated heterocycles. The van der Waals surface area contributed by atoms with Crippen LogP contribution in [-0.2, 0) is 17.6 Å². The first kappa shape index (κ1) is 20.5. The van der Waals surface area contributed by atoms with Crippen molar-refractivity contribution in [3.63, 3.8) is 0 Å². The van der Waals surface area contributed by atoms with Gasteiger partial charge in [-0.25, -0.2) is 4.39 Å². The van der Waals surface area contributed by atoms with Gasteiger partial charge in [0.1, 0.15) is 5.69 Å². The van der Waals surface area contributed by atoms with E-state index in [9.17, 15) is 9.50 Å². The fourth-order valence-electron chi connectivity index (χ4n) is 3.63. The maximum atomic E-state index is 14.9. The summed E-state index contributed by atoms with van der Waals surface area (Å²) in [5.74, 6) is -0.346. The van der Waals surface area contributed by atoms with Crippen LogP contribution in [0.2, 0.25) is 0 Å².